The van der Waals surface area contributed by atoms with Crippen LogP contribution in [0.2, 0.25) is 0 Å². The molecule has 1 aromatic rings. The Morgan fingerprint density at radius 3 is 2.55 bits per heavy atom. The standard InChI is InChI=1S/C17H29N3/c1-6-20(12-14-7-8-14)16-13(2)9-15(10-18-16)11-19-17(3,4)5/h9-10,14,19H,6-8,11-12H2,1-5H3. The van der Waals surface area contributed by atoms with Crippen LogP contribution in [0.3, 0.4) is 0 Å². The van der Waals surface area contributed by atoms with Crippen molar-refractivity contribution in [3.8, 4) is 0 Å². The topological polar surface area (TPSA) is 28.2 Å². The average Bonchev–Trinajstić information content (AvgIpc) is 3.17. The molecule has 0 radical (unpaired) electrons. The van der Waals surface area contributed by atoms with Gasteiger partial charge in [-0.3, -0.25) is 0 Å². The van der Waals surface area contributed by atoms with E-state index in [2.05, 4.69) is 50.9 Å². The third kappa shape index (κ3) is 4.48. The summed E-state index contributed by atoms with van der Waals surface area (Å²) in [4.78, 5) is 7.14. The molecule has 0 amide bonds. The largest absolute Gasteiger partial charge is 0.356 e. The first kappa shape index (κ1) is 15.3. The Hall–Kier alpha value is -1.09. The van der Waals surface area contributed by atoms with Crippen LogP contribution >= 0.6 is 0 Å². The molecular formula is C17H29N3. The van der Waals surface area contributed by atoms with E-state index in [1.165, 1.54) is 36.3 Å². The van der Waals surface area contributed by atoms with Crippen LogP contribution in [0, 0.1) is 12.8 Å². The van der Waals surface area contributed by atoms with E-state index in [0.717, 1.165) is 19.0 Å². The highest BCUT2D eigenvalue weighted by Gasteiger charge is 2.24. The van der Waals surface area contributed by atoms with Gasteiger partial charge in [0.25, 0.3) is 0 Å². The third-order valence-electron chi connectivity index (χ3n) is 3.79. The fourth-order valence-corrected chi connectivity index (χ4v) is 2.40. The number of nitrogens with zero attached hydrogens (tertiary/aromatic N) is 2. The summed E-state index contributed by atoms with van der Waals surface area (Å²) in [5, 5.41) is 3.52. The monoisotopic (exact) mass is 275 g/mol. The van der Waals surface area contributed by atoms with Gasteiger partial charge in [-0.1, -0.05) is 0 Å². The Morgan fingerprint density at radius 1 is 1.35 bits per heavy atom. The summed E-state index contributed by atoms with van der Waals surface area (Å²) in [5.41, 5.74) is 2.71. The predicted molar refractivity (Wildman–Crippen MR) is 86.2 cm³/mol. The summed E-state index contributed by atoms with van der Waals surface area (Å²) < 4.78 is 0. The molecule has 0 atom stereocenters. The lowest BCUT2D eigenvalue weighted by atomic mass is 10.1. The van der Waals surface area contributed by atoms with Crippen LogP contribution in [0.1, 0.15) is 51.7 Å². The summed E-state index contributed by atoms with van der Waals surface area (Å²) >= 11 is 0. The van der Waals surface area contributed by atoms with Gasteiger partial charge in [0, 0.05) is 31.4 Å². The van der Waals surface area contributed by atoms with E-state index >= 15 is 0 Å². The summed E-state index contributed by atoms with van der Waals surface area (Å²) in [6.07, 6.45) is 4.81. The summed E-state index contributed by atoms with van der Waals surface area (Å²) in [6, 6.07) is 2.27. The lowest BCUT2D eigenvalue weighted by Crippen LogP contribution is -2.35. The maximum atomic E-state index is 4.72. The summed E-state index contributed by atoms with van der Waals surface area (Å²) in [5.74, 6) is 2.07. The first-order valence-corrected chi connectivity index (χ1v) is 7.84. The molecule has 0 aliphatic heterocycles. The highest BCUT2D eigenvalue weighted by Crippen LogP contribution is 2.31. The van der Waals surface area contributed by atoms with Crippen molar-refractivity contribution in [2.45, 2.75) is 59.5 Å². The lowest BCUT2D eigenvalue weighted by Gasteiger charge is -2.25. The van der Waals surface area contributed by atoms with Crippen LogP contribution in [0.25, 0.3) is 0 Å². The molecule has 0 spiro atoms. The van der Waals surface area contributed by atoms with E-state index in [1.54, 1.807) is 0 Å². The quantitative estimate of drug-likeness (QED) is 0.861. The van der Waals surface area contributed by atoms with Gasteiger partial charge in [-0.15, -0.1) is 0 Å². The van der Waals surface area contributed by atoms with Crippen molar-refractivity contribution >= 4 is 5.82 Å². The highest BCUT2D eigenvalue weighted by molar-refractivity contribution is 5.47. The molecular weight excluding hydrogens is 246 g/mol. The van der Waals surface area contributed by atoms with E-state index < -0.39 is 0 Å². The molecule has 3 heteroatoms. The molecule has 20 heavy (non-hydrogen) atoms. The van der Waals surface area contributed by atoms with Gasteiger partial charge in [0.15, 0.2) is 0 Å². The van der Waals surface area contributed by atoms with Crippen LogP contribution in [-0.2, 0) is 6.54 Å². The van der Waals surface area contributed by atoms with Gasteiger partial charge in [-0.05, 0) is 70.6 Å². The summed E-state index contributed by atoms with van der Waals surface area (Å²) in [7, 11) is 0. The molecule has 1 fully saturated rings. The molecule has 1 heterocycles. The van der Waals surface area contributed by atoms with Crippen LogP contribution in [-0.4, -0.2) is 23.6 Å². The predicted octanol–water partition coefficient (Wildman–Crippen LogP) is 3.51. The maximum absolute atomic E-state index is 4.72. The molecule has 0 bridgehead atoms. The van der Waals surface area contributed by atoms with Crippen molar-refractivity contribution in [2.75, 3.05) is 18.0 Å². The molecule has 1 aromatic heterocycles. The summed E-state index contributed by atoms with van der Waals surface area (Å²) in [6.45, 7) is 14.1. The first-order valence-electron chi connectivity index (χ1n) is 7.84. The fourth-order valence-electron chi connectivity index (χ4n) is 2.40. The Morgan fingerprint density at radius 2 is 2.05 bits per heavy atom. The number of hydrogen-bond acceptors (Lipinski definition) is 3. The molecule has 1 aliphatic carbocycles. The van der Waals surface area contributed by atoms with E-state index in [4.69, 9.17) is 4.98 Å². The van der Waals surface area contributed by atoms with Crippen molar-refractivity contribution in [3.63, 3.8) is 0 Å². The number of nitrogens with one attached hydrogen (secondary N) is 1. The van der Waals surface area contributed by atoms with Gasteiger partial charge in [0.2, 0.25) is 0 Å². The molecule has 0 aromatic carbocycles. The first-order chi connectivity index (χ1) is 9.39. The van der Waals surface area contributed by atoms with Crippen LogP contribution in [0.4, 0.5) is 5.82 Å². The molecule has 2 rings (SSSR count). The number of anilines is 1. The third-order valence-corrected chi connectivity index (χ3v) is 3.79. The van der Waals surface area contributed by atoms with E-state index in [-0.39, 0.29) is 5.54 Å². The number of hydrogen-bond donors (Lipinski definition) is 1. The molecule has 0 saturated heterocycles. The van der Waals surface area contributed by atoms with E-state index in [9.17, 15) is 0 Å². The minimum atomic E-state index is 0.147. The van der Waals surface area contributed by atoms with E-state index in [1.807, 2.05) is 6.20 Å². The minimum Gasteiger partial charge on any atom is -0.356 e. The number of aryl methyl sites for hydroxylation is 1. The second kappa shape index (κ2) is 6.13. The molecule has 1 saturated carbocycles. The van der Waals surface area contributed by atoms with Crippen LogP contribution in [0.15, 0.2) is 12.3 Å². The van der Waals surface area contributed by atoms with Gasteiger partial charge < -0.3 is 10.2 Å². The van der Waals surface area contributed by atoms with Gasteiger partial charge >= 0.3 is 0 Å². The van der Waals surface area contributed by atoms with Crippen molar-refractivity contribution in [3.05, 3.63) is 23.4 Å². The smallest absolute Gasteiger partial charge is 0.131 e. The SMILES string of the molecule is CCN(CC1CC1)c1ncc(CNC(C)(C)C)cc1C. The van der Waals surface area contributed by atoms with Crippen LogP contribution in [0.5, 0.6) is 0 Å². The Labute approximate surface area is 123 Å². The molecule has 0 unspecified atom stereocenters. The van der Waals surface area contributed by atoms with Gasteiger partial charge in [0.05, 0.1) is 0 Å². The number of aromatic nitrogens is 1. The molecule has 112 valence electrons. The van der Waals surface area contributed by atoms with Crippen LogP contribution < -0.4 is 10.2 Å². The van der Waals surface area contributed by atoms with Crippen molar-refractivity contribution < 1.29 is 0 Å². The van der Waals surface area contributed by atoms with Gasteiger partial charge in [0.1, 0.15) is 5.82 Å². The Bertz CT molecular complexity index is 444. The maximum Gasteiger partial charge on any atom is 0.131 e. The lowest BCUT2D eigenvalue weighted by molar-refractivity contribution is 0.424. The number of rotatable bonds is 6. The van der Waals surface area contributed by atoms with Gasteiger partial charge in [-0.25, -0.2) is 4.98 Å². The minimum absolute atomic E-state index is 0.147. The average molecular weight is 275 g/mol. The fraction of sp³-hybridized carbons (Fsp3) is 0.706. The van der Waals surface area contributed by atoms with Gasteiger partial charge in [-0.2, -0.15) is 0 Å². The van der Waals surface area contributed by atoms with Crippen molar-refractivity contribution in [2.24, 2.45) is 5.92 Å². The highest BCUT2D eigenvalue weighted by atomic mass is 15.2. The van der Waals surface area contributed by atoms with Crippen molar-refractivity contribution in [1.29, 1.82) is 0 Å². The second-order valence-electron chi connectivity index (χ2n) is 7.07. The molecule has 3 nitrogen and oxygen atoms in total. The zero-order valence-electron chi connectivity index (χ0n) is 13.7. The Balaban J connectivity index is 2.04. The zero-order valence-corrected chi connectivity index (χ0v) is 13.7. The molecule has 1 N–H and O–H groups in total. The number of pyridine rings is 1. The Kier molecular flexibility index (Phi) is 4.69. The van der Waals surface area contributed by atoms with Crippen molar-refractivity contribution in [1.82, 2.24) is 10.3 Å². The van der Waals surface area contributed by atoms with E-state index in [0.29, 0.717) is 0 Å². The second-order valence-corrected chi connectivity index (χ2v) is 7.07. The molecule has 1 aliphatic rings. The zero-order chi connectivity index (χ0) is 14.8. The normalized spacial score (nSPS) is 15.4.